The van der Waals surface area contributed by atoms with Gasteiger partial charge in [-0.2, -0.15) is 13.2 Å². The topological polar surface area (TPSA) is 61.6 Å². The first-order valence-corrected chi connectivity index (χ1v) is 4.05. The number of amides is 1. The van der Waals surface area contributed by atoms with Crippen LogP contribution < -0.4 is 5.73 Å². The van der Waals surface area contributed by atoms with E-state index < -0.39 is 18.7 Å². The van der Waals surface area contributed by atoms with Crippen molar-refractivity contribution in [3.8, 4) is 0 Å². The molecule has 0 radical (unpaired) electrons. The maximum atomic E-state index is 11.6. The Hall–Kier alpha value is -1.24. The minimum Gasteiger partial charge on any atom is -0.498 e. The minimum atomic E-state index is -4.33. The fourth-order valence-electron chi connectivity index (χ4n) is 0.537. The van der Waals surface area contributed by atoms with E-state index in [1.165, 1.54) is 6.92 Å². The Bertz CT molecular complexity index is 238. The third-order valence-electron chi connectivity index (χ3n) is 1.26. The zero-order chi connectivity index (χ0) is 11.9. The van der Waals surface area contributed by atoms with Crippen molar-refractivity contribution in [3.63, 3.8) is 0 Å². The number of hydrogen-bond acceptors (Lipinski definition) is 3. The van der Waals surface area contributed by atoms with Gasteiger partial charge in [0.2, 0.25) is 5.91 Å². The zero-order valence-corrected chi connectivity index (χ0v) is 8.13. The first kappa shape index (κ1) is 13.8. The average Bonchev–Trinajstić information content (AvgIpc) is 2.08. The van der Waals surface area contributed by atoms with Crippen molar-refractivity contribution in [1.29, 1.82) is 0 Å². The largest absolute Gasteiger partial charge is 0.498 e. The second kappa shape index (κ2) is 6.28. The third kappa shape index (κ3) is 9.07. The van der Waals surface area contributed by atoms with Gasteiger partial charge in [-0.15, -0.1) is 0 Å². The van der Waals surface area contributed by atoms with E-state index >= 15 is 0 Å². The molecule has 2 N–H and O–H groups in total. The highest BCUT2D eigenvalue weighted by atomic mass is 19.4. The highest BCUT2D eigenvalue weighted by Gasteiger charge is 2.27. The lowest BCUT2D eigenvalue weighted by atomic mass is 10.3. The number of primary amides is 1. The van der Waals surface area contributed by atoms with Gasteiger partial charge in [0, 0.05) is 5.57 Å². The van der Waals surface area contributed by atoms with Crippen LogP contribution >= 0.6 is 0 Å². The molecule has 0 aliphatic heterocycles. The molecule has 0 spiro atoms. The van der Waals surface area contributed by atoms with Gasteiger partial charge in [0.1, 0.15) is 13.2 Å². The predicted molar refractivity (Wildman–Crippen MR) is 45.8 cm³/mol. The number of rotatable bonds is 6. The smallest absolute Gasteiger partial charge is 0.411 e. The van der Waals surface area contributed by atoms with Crippen molar-refractivity contribution in [3.05, 3.63) is 11.8 Å². The third-order valence-corrected chi connectivity index (χ3v) is 1.26. The number of carbonyl (C=O) groups excluding carboxylic acids is 1. The van der Waals surface area contributed by atoms with E-state index in [1.807, 2.05) is 0 Å². The minimum absolute atomic E-state index is 0.0688. The molecule has 0 aliphatic rings. The monoisotopic (exact) mass is 227 g/mol. The number of halogens is 3. The van der Waals surface area contributed by atoms with Crippen LogP contribution in [0.5, 0.6) is 0 Å². The lowest BCUT2D eigenvalue weighted by Gasteiger charge is -2.07. The van der Waals surface area contributed by atoms with Crippen LogP contribution in [0.3, 0.4) is 0 Å². The molecule has 0 aromatic carbocycles. The summed E-state index contributed by atoms with van der Waals surface area (Å²) in [5, 5.41) is 0. The van der Waals surface area contributed by atoms with E-state index in [0.717, 1.165) is 6.26 Å². The SMILES string of the molecule is CC(=COCCOCC(F)(F)F)C(N)=O. The number of alkyl halides is 3. The van der Waals surface area contributed by atoms with Crippen LogP contribution in [-0.4, -0.2) is 31.9 Å². The number of carbonyl (C=O) groups is 1. The van der Waals surface area contributed by atoms with Gasteiger partial charge in [-0.05, 0) is 6.92 Å². The van der Waals surface area contributed by atoms with Crippen LogP contribution in [0.25, 0.3) is 0 Å². The molecule has 0 fully saturated rings. The summed E-state index contributed by atoms with van der Waals surface area (Å²) in [6, 6.07) is 0. The second-order valence-corrected chi connectivity index (χ2v) is 2.70. The number of hydrogen-bond donors (Lipinski definition) is 1. The van der Waals surface area contributed by atoms with Crippen molar-refractivity contribution in [1.82, 2.24) is 0 Å². The molecule has 0 rings (SSSR count). The predicted octanol–water partition coefficient (Wildman–Crippen LogP) is 0.971. The van der Waals surface area contributed by atoms with E-state index in [-0.39, 0.29) is 18.8 Å². The Labute approximate surface area is 84.8 Å². The molecular formula is C8H12F3NO3. The molecule has 0 aromatic rings. The van der Waals surface area contributed by atoms with Crippen molar-refractivity contribution in [2.75, 3.05) is 19.8 Å². The quantitative estimate of drug-likeness (QED) is 0.418. The van der Waals surface area contributed by atoms with E-state index in [4.69, 9.17) is 10.5 Å². The Morgan fingerprint density at radius 2 is 2.00 bits per heavy atom. The van der Waals surface area contributed by atoms with Gasteiger partial charge in [0.15, 0.2) is 0 Å². The second-order valence-electron chi connectivity index (χ2n) is 2.70. The molecule has 0 saturated heterocycles. The van der Waals surface area contributed by atoms with Crippen molar-refractivity contribution >= 4 is 5.91 Å². The Balaban J connectivity index is 3.48. The molecule has 0 bridgehead atoms. The molecule has 0 aromatic heterocycles. The van der Waals surface area contributed by atoms with Crippen LogP contribution in [0.15, 0.2) is 11.8 Å². The first-order chi connectivity index (χ1) is 6.83. The Morgan fingerprint density at radius 3 is 2.47 bits per heavy atom. The van der Waals surface area contributed by atoms with Gasteiger partial charge in [0.25, 0.3) is 0 Å². The fraction of sp³-hybridized carbons (Fsp3) is 0.625. The van der Waals surface area contributed by atoms with E-state index in [9.17, 15) is 18.0 Å². The summed E-state index contributed by atoms with van der Waals surface area (Å²) in [4.78, 5) is 10.4. The molecule has 4 nitrogen and oxygen atoms in total. The molecule has 7 heteroatoms. The summed E-state index contributed by atoms with van der Waals surface area (Å²) < 4.78 is 43.6. The zero-order valence-electron chi connectivity index (χ0n) is 8.13. The molecule has 0 atom stereocenters. The van der Waals surface area contributed by atoms with E-state index in [2.05, 4.69) is 4.74 Å². The average molecular weight is 227 g/mol. The van der Waals surface area contributed by atoms with Crippen LogP contribution in [0.4, 0.5) is 13.2 Å². The maximum absolute atomic E-state index is 11.6. The lowest BCUT2D eigenvalue weighted by Crippen LogP contribution is -2.18. The Morgan fingerprint density at radius 1 is 1.40 bits per heavy atom. The molecule has 88 valence electrons. The highest BCUT2D eigenvalue weighted by Crippen LogP contribution is 2.13. The maximum Gasteiger partial charge on any atom is 0.411 e. The van der Waals surface area contributed by atoms with Gasteiger partial charge in [-0.3, -0.25) is 4.79 Å². The summed E-state index contributed by atoms with van der Waals surface area (Å²) in [5.74, 6) is -0.647. The Kier molecular flexibility index (Phi) is 5.76. The molecule has 0 saturated carbocycles. The van der Waals surface area contributed by atoms with Crippen LogP contribution in [-0.2, 0) is 14.3 Å². The summed E-state index contributed by atoms with van der Waals surface area (Å²) in [6.07, 6.45) is -3.25. The summed E-state index contributed by atoms with van der Waals surface area (Å²) in [5.41, 5.74) is 5.05. The normalized spacial score (nSPS) is 12.7. The van der Waals surface area contributed by atoms with Gasteiger partial charge in [-0.1, -0.05) is 0 Å². The molecule has 0 unspecified atom stereocenters. The highest BCUT2D eigenvalue weighted by molar-refractivity contribution is 5.90. The number of nitrogens with two attached hydrogens (primary N) is 1. The van der Waals surface area contributed by atoms with Crippen molar-refractivity contribution in [2.45, 2.75) is 13.1 Å². The van der Waals surface area contributed by atoms with Crippen LogP contribution in [0.2, 0.25) is 0 Å². The number of ether oxygens (including phenoxy) is 2. The molecule has 0 aliphatic carbocycles. The van der Waals surface area contributed by atoms with E-state index in [1.54, 1.807) is 0 Å². The lowest BCUT2D eigenvalue weighted by molar-refractivity contribution is -0.175. The molecule has 1 amide bonds. The van der Waals surface area contributed by atoms with E-state index in [0.29, 0.717) is 0 Å². The fourth-order valence-corrected chi connectivity index (χ4v) is 0.537. The van der Waals surface area contributed by atoms with Gasteiger partial charge in [-0.25, -0.2) is 0 Å². The first-order valence-electron chi connectivity index (χ1n) is 4.05. The summed E-state index contributed by atoms with van der Waals surface area (Å²) in [7, 11) is 0. The van der Waals surface area contributed by atoms with Gasteiger partial charge >= 0.3 is 6.18 Å². The molecular weight excluding hydrogens is 215 g/mol. The van der Waals surface area contributed by atoms with Crippen molar-refractivity contribution in [2.24, 2.45) is 5.73 Å². The summed E-state index contributed by atoms with van der Waals surface area (Å²) in [6.45, 7) is -0.156. The van der Waals surface area contributed by atoms with Crippen molar-refractivity contribution < 1.29 is 27.4 Å². The standard InChI is InChI=1S/C8H12F3NO3/c1-6(7(12)13)4-14-2-3-15-5-8(9,10)11/h4H,2-3,5H2,1H3,(H2,12,13). The summed E-state index contributed by atoms with van der Waals surface area (Å²) >= 11 is 0. The van der Waals surface area contributed by atoms with Gasteiger partial charge < -0.3 is 15.2 Å². The molecule has 0 heterocycles. The molecule has 15 heavy (non-hydrogen) atoms. The van der Waals surface area contributed by atoms with Crippen LogP contribution in [0, 0.1) is 0 Å². The van der Waals surface area contributed by atoms with Crippen LogP contribution in [0.1, 0.15) is 6.92 Å². The van der Waals surface area contributed by atoms with Gasteiger partial charge in [0.05, 0.1) is 12.9 Å².